The van der Waals surface area contributed by atoms with Gasteiger partial charge in [0.1, 0.15) is 48.8 Å². The van der Waals surface area contributed by atoms with Crippen LogP contribution >= 0.6 is 0 Å². The van der Waals surface area contributed by atoms with Crippen LogP contribution in [-0.4, -0.2) is 88.4 Å². The average molecular weight is 586 g/mol. The van der Waals surface area contributed by atoms with E-state index in [1.54, 1.807) is 0 Å². The fourth-order valence-corrected chi connectivity index (χ4v) is 7.28. The SMILES string of the molecule is O=[N+]([O-])C12CC3([N+](=O)[O-])CC([N+](=O)[O-])(C1([N+](=O)[O-])[N+](=O)[O-])C([N+](=O)[O-])([N+](=O)[O-])C([N+](=O)[O-])(C2)C3([N+](=O)[O-])[N+](=O)[O-]. The van der Waals surface area contributed by atoms with Gasteiger partial charge in [0, 0.05) is 9.85 Å². The lowest BCUT2D eigenvalue weighted by molar-refractivity contribution is -1.03. The van der Waals surface area contributed by atoms with Gasteiger partial charge in [-0.05, 0) is 0 Å². The van der Waals surface area contributed by atoms with Crippen molar-refractivity contribution in [2.24, 2.45) is 0 Å². The van der Waals surface area contributed by atoms with Crippen molar-refractivity contribution in [2.75, 3.05) is 0 Å². The van der Waals surface area contributed by atoms with E-state index < -0.39 is 108 Å². The van der Waals surface area contributed by atoms with Gasteiger partial charge in [0.05, 0.1) is 9.85 Å². The maximum atomic E-state index is 12.5. The van der Waals surface area contributed by atoms with E-state index in [1.807, 2.05) is 0 Å². The van der Waals surface area contributed by atoms with E-state index >= 15 is 0 Å². The Balaban J connectivity index is 3.08. The molecule has 4 atom stereocenters. The second-order valence-corrected chi connectivity index (χ2v) is 8.90. The summed E-state index contributed by atoms with van der Waals surface area (Å²) in [6.45, 7) is 0. The third kappa shape index (κ3) is 1.94. The number of hydrogen-bond donors (Lipinski definition) is 0. The molecule has 0 saturated heterocycles. The molecule has 0 aromatic heterocycles. The lowest BCUT2D eigenvalue weighted by atomic mass is 9.33. The van der Waals surface area contributed by atoms with Crippen molar-refractivity contribution < 1.29 is 49.2 Å². The van der Waals surface area contributed by atoms with Gasteiger partial charge in [-0.1, -0.05) is 0 Å². The van der Waals surface area contributed by atoms with Gasteiger partial charge < -0.3 is 0 Å². The second-order valence-electron chi connectivity index (χ2n) is 8.90. The summed E-state index contributed by atoms with van der Waals surface area (Å²) in [5.41, 5.74) is -38.5. The normalized spacial score (nSPS) is 33.7. The molecule has 0 aromatic carbocycles. The van der Waals surface area contributed by atoms with Crippen LogP contribution in [0.15, 0.2) is 0 Å². The average Bonchev–Trinajstić information content (AvgIpc) is 2.76. The predicted molar refractivity (Wildman–Crippen MR) is 103 cm³/mol. The van der Waals surface area contributed by atoms with Crippen molar-refractivity contribution in [3.8, 4) is 0 Å². The molecule has 0 N–H and O–H groups in total. The van der Waals surface area contributed by atoms with E-state index in [9.17, 15) is 101 Å². The first kappa shape index (κ1) is 28.6. The van der Waals surface area contributed by atoms with Crippen molar-refractivity contribution in [2.45, 2.75) is 58.4 Å². The van der Waals surface area contributed by atoms with Gasteiger partial charge in [0.2, 0.25) is 0 Å². The summed E-state index contributed by atoms with van der Waals surface area (Å²) in [4.78, 5) is 97.3. The number of hydrogen-bond acceptors (Lipinski definition) is 20. The zero-order valence-corrected chi connectivity index (χ0v) is 18.3. The van der Waals surface area contributed by atoms with Crippen LogP contribution in [0.25, 0.3) is 0 Å². The maximum Gasteiger partial charge on any atom is 0.626 e. The van der Waals surface area contributed by atoms with Crippen molar-refractivity contribution in [3.63, 3.8) is 0 Å². The molecule has 0 amide bonds. The van der Waals surface area contributed by atoms with Crippen molar-refractivity contribution in [1.82, 2.24) is 0 Å². The number of rotatable bonds is 10. The van der Waals surface area contributed by atoms with E-state index in [4.69, 9.17) is 0 Å². The van der Waals surface area contributed by atoms with E-state index in [0.29, 0.717) is 0 Å². The molecule has 0 aliphatic heterocycles. The predicted octanol–water partition coefficient (Wildman–Crippen LogP) is -2.99. The molecule has 0 radical (unpaired) electrons. The topological polar surface area (TPSA) is 431 Å². The lowest BCUT2D eigenvalue weighted by Gasteiger charge is -2.55. The molecule has 30 heteroatoms. The molecule has 4 unspecified atom stereocenters. The molecule has 4 saturated carbocycles. The first-order chi connectivity index (χ1) is 18.1. The van der Waals surface area contributed by atoms with Crippen LogP contribution in [0.5, 0.6) is 0 Å². The Kier molecular flexibility index (Phi) is 5.07. The second kappa shape index (κ2) is 7.10. The van der Waals surface area contributed by atoms with Gasteiger partial charge in [-0.25, -0.2) is 0 Å². The van der Waals surface area contributed by atoms with E-state index in [-0.39, 0.29) is 0 Å². The third-order valence-electron chi connectivity index (χ3n) is 8.19. The molecule has 4 aliphatic rings. The van der Waals surface area contributed by atoms with E-state index in [2.05, 4.69) is 0 Å². The fourth-order valence-electron chi connectivity index (χ4n) is 7.28. The first-order valence-electron chi connectivity index (χ1n) is 9.51. The molecule has 4 rings (SSSR count). The zero-order valence-electron chi connectivity index (χ0n) is 18.3. The lowest BCUT2D eigenvalue weighted by Crippen LogP contribution is -3.09. The molecule has 4 fully saturated rings. The summed E-state index contributed by atoms with van der Waals surface area (Å²) in [7, 11) is 0. The van der Waals surface area contributed by atoms with Gasteiger partial charge in [-0.2, -0.15) is 0 Å². The molecule has 0 spiro atoms. The van der Waals surface area contributed by atoms with E-state index in [1.165, 1.54) is 0 Å². The summed E-state index contributed by atoms with van der Waals surface area (Å²) < 4.78 is 0. The quantitative estimate of drug-likeness (QED) is 0.140. The Morgan fingerprint density at radius 1 is 0.300 bits per heavy atom. The van der Waals surface area contributed by atoms with Crippen LogP contribution in [0, 0.1) is 101 Å². The van der Waals surface area contributed by atoms with E-state index in [0.717, 1.165) is 0 Å². The Labute approximate surface area is 210 Å². The van der Waals surface area contributed by atoms with Gasteiger partial charge in [-0.3, -0.25) is 101 Å². The van der Waals surface area contributed by atoms with Crippen LogP contribution in [0.4, 0.5) is 0 Å². The smallest absolute Gasteiger partial charge is 0.263 e. The molecule has 0 aromatic rings. The Morgan fingerprint density at radius 2 is 0.525 bits per heavy atom. The molecule has 4 bridgehead atoms. The third-order valence-corrected chi connectivity index (χ3v) is 8.19. The summed E-state index contributed by atoms with van der Waals surface area (Å²) in [5, 5.41) is 124. The highest BCUT2D eigenvalue weighted by molar-refractivity contribution is 5.39. The zero-order chi connectivity index (χ0) is 31.4. The summed E-state index contributed by atoms with van der Waals surface area (Å²) in [5.74, 6) is 0. The summed E-state index contributed by atoms with van der Waals surface area (Å²) in [6.07, 6.45) is -9.23. The molecule has 40 heavy (non-hydrogen) atoms. The van der Waals surface area contributed by atoms with Gasteiger partial charge in [-0.15, -0.1) is 0 Å². The highest BCUT2D eigenvalue weighted by Crippen LogP contribution is 2.76. The van der Waals surface area contributed by atoms with Crippen LogP contribution in [0.3, 0.4) is 0 Å². The van der Waals surface area contributed by atoms with Crippen LogP contribution in [0.2, 0.25) is 0 Å². The summed E-state index contributed by atoms with van der Waals surface area (Å²) in [6, 6.07) is 0. The Morgan fingerprint density at radius 3 is 0.675 bits per heavy atom. The molecule has 216 valence electrons. The highest BCUT2D eigenvalue weighted by Gasteiger charge is 3.33. The van der Waals surface area contributed by atoms with Crippen LogP contribution in [0.1, 0.15) is 19.3 Å². The van der Waals surface area contributed by atoms with Crippen molar-refractivity contribution in [3.05, 3.63) is 101 Å². The maximum absolute atomic E-state index is 12.5. The Bertz CT molecular complexity index is 1290. The van der Waals surface area contributed by atoms with Gasteiger partial charge in [0.15, 0.2) is 0 Å². The largest absolute Gasteiger partial charge is 0.626 e. The van der Waals surface area contributed by atoms with Crippen LogP contribution in [-0.2, 0) is 0 Å². The summed E-state index contributed by atoms with van der Waals surface area (Å²) >= 11 is 0. The highest BCUT2D eigenvalue weighted by atomic mass is 16.7. The van der Waals surface area contributed by atoms with Crippen molar-refractivity contribution >= 4 is 0 Å². The molecular weight excluding hydrogens is 580 g/mol. The molecular formula is C10H6N10O20. The number of nitro groups is 10. The molecule has 4 aliphatic carbocycles. The first-order valence-corrected chi connectivity index (χ1v) is 9.51. The standard InChI is InChI=1S/C10H6N10O20/c21-11(22)4-1-5(12(23)24)3-7(14(27)28,8(4,15(29)30)16(31)32)10(19(37)38,20(39)40)6(2-4,13(25)26)9(5,17(33)34)18(35)36/h1-3H2. The van der Waals surface area contributed by atoms with Gasteiger partial charge in [0.25, 0.3) is 0 Å². The van der Waals surface area contributed by atoms with Crippen molar-refractivity contribution in [1.29, 1.82) is 0 Å². The van der Waals surface area contributed by atoms with Gasteiger partial charge >= 0.3 is 39.1 Å². The minimum absolute atomic E-state index is 2.35. The van der Waals surface area contributed by atoms with Crippen LogP contribution < -0.4 is 0 Å². The number of nitrogens with zero attached hydrogens (tertiary/aromatic N) is 10. The minimum atomic E-state index is -6.08. The molecule has 0 heterocycles. The Hall–Kier alpha value is -6.00. The minimum Gasteiger partial charge on any atom is -0.263 e. The fraction of sp³-hybridized carbons (Fsp3) is 1.00. The molecule has 30 nitrogen and oxygen atoms in total. The monoisotopic (exact) mass is 586 g/mol.